The van der Waals surface area contributed by atoms with Crippen LogP contribution in [0.4, 0.5) is 0 Å². The maximum atomic E-state index is 11.4. The monoisotopic (exact) mass is 291 g/mol. The predicted octanol–water partition coefficient (Wildman–Crippen LogP) is 2.26. The van der Waals surface area contributed by atoms with Crippen molar-refractivity contribution in [3.63, 3.8) is 0 Å². The fraction of sp³-hybridized carbons (Fsp3) is 0.588. The van der Waals surface area contributed by atoms with Crippen molar-refractivity contribution in [1.29, 1.82) is 0 Å². The van der Waals surface area contributed by atoms with Gasteiger partial charge in [0.25, 0.3) is 0 Å². The van der Waals surface area contributed by atoms with E-state index in [-0.39, 0.29) is 5.97 Å². The average Bonchev–Trinajstić information content (AvgIpc) is 3.30. The Morgan fingerprint density at radius 3 is 2.67 bits per heavy atom. The van der Waals surface area contributed by atoms with E-state index < -0.39 is 0 Å². The first kappa shape index (κ1) is 16.0. The zero-order chi connectivity index (χ0) is 15.1. The maximum Gasteiger partial charge on any atom is 0.309 e. The molecule has 21 heavy (non-hydrogen) atoms. The van der Waals surface area contributed by atoms with Crippen LogP contribution in [0.25, 0.3) is 0 Å². The second-order valence-electron chi connectivity index (χ2n) is 5.78. The molecule has 1 fully saturated rings. The molecule has 4 nitrogen and oxygen atoms in total. The zero-order valence-corrected chi connectivity index (χ0v) is 13.0. The standard InChI is InChI=1S/C17H25NO3/c1-18(9-10-21-13-14-7-8-14)12-16-6-4-3-5-15(16)11-17(19)20-2/h3-6,14H,7-13H2,1-2H3. The van der Waals surface area contributed by atoms with Gasteiger partial charge in [-0.15, -0.1) is 0 Å². The minimum Gasteiger partial charge on any atom is -0.469 e. The number of methoxy groups -OCH3 is 1. The summed E-state index contributed by atoms with van der Waals surface area (Å²) in [5.74, 6) is 0.619. The lowest BCUT2D eigenvalue weighted by atomic mass is 10.0. The summed E-state index contributed by atoms with van der Waals surface area (Å²) in [4.78, 5) is 13.7. The van der Waals surface area contributed by atoms with Crippen molar-refractivity contribution in [3.05, 3.63) is 35.4 Å². The largest absolute Gasteiger partial charge is 0.469 e. The molecule has 1 aromatic carbocycles. The lowest BCUT2D eigenvalue weighted by Gasteiger charge is -2.18. The van der Waals surface area contributed by atoms with Crippen molar-refractivity contribution < 1.29 is 14.3 Å². The first-order valence-electron chi connectivity index (χ1n) is 7.59. The molecule has 0 amide bonds. The SMILES string of the molecule is COC(=O)Cc1ccccc1CN(C)CCOCC1CC1. The van der Waals surface area contributed by atoms with Gasteiger partial charge in [0, 0.05) is 19.7 Å². The Labute approximate surface area is 127 Å². The number of esters is 1. The highest BCUT2D eigenvalue weighted by atomic mass is 16.5. The molecule has 4 heteroatoms. The first-order chi connectivity index (χ1) is 10.2. The van der Waals surface area contributed by atoms with Gasteiger partial charge in [-0.3, -0.25) is 9.69 Å². The van der Waals surface area contributed by atoms with E-state index in [1.165, 1.54) is 25.5 Å². The van der Waals surface area contributed by atoms with Gasteiger partial charge in [0.2, 0.25) is 0 Å². The quantitative estimate of drug-likeness (QED) is 0.517. The van der Waals surface area contributed by atoms with E-state index in [1.807, 2.05) is 18.2 Å². The number of hydrogen-bond acceptors (Lipinski definition) is 4. The smallest absolute Gasteiger partial charge is 0.309 e. The highest BCUT2D eigenvalue weighted by Crippen LogP contribution is 2.28. The lowest BCUT2D eigenvalue weighted by molar-refractivity contribution is -0.139. The lowest BCUT2D eigenvalue weighted by Crippen LogP contribution is -2.24. The van der Waals surface area contributed by atoms with Gasteiger partial charge in [-0.1, -0.05) is 24.3 Å². The molecule has 1 aromatic rings. The summed E-state index contributed by atoms with van der Waals surface area (Å²) in [7, 11) is 3.50. The van der Waals surface area contributed by atoms with Crippen LogP contribution in [-0.4, -0.2) is 44.8 Å². The normalized spacial score (nSPS) is 14.4. The number of carbonyl (C=O) groups excluding carboxylic acids is 1. The number of rotatable bonds is 9. The zero-order valence-electron chi connectivity index (χ0n) is 13.0. The molecule has 0 radical (unpaired) electrons. The van der Waals surface area contributed by atoms with Gasteiger partial charge in [0.1, 0.15) is 0 Å². The van der Waals surface area contributed by atoms with Crippen LogP contribution < -0.4 is 0 Å². The summed E-state index contributed by atoms with van der Waals surface area (Å²) in [5, 5.41) is 0. The Morgan fingerprint density at radius 1 is 1.29 bits per heavy atom. The van der Waals surface area contributed by atoms with Gasteiger partial charge in [0.05, 0.1) is 20.1 Å². The third kappa shape index (κ3) is 5.86. The number of carbonyl (C=O) groups is 1. The van der Waals surface area contributed by atoms with Crippen LogP contribution in [0.2, 0.25) is 0 Å². The number of ether oxygens (including phenoxy) is 2. The summed E-state index contributed by atoms with van der Waals surface area (Å²) in [6.07, 6.45) is 2.99. The molecule has 0 unspecified atom stereocenters. The number of nitrogens with zero attached hydrogens (tertiary/aromatic N) is 1. The Morgan fingerprint density at radius 2 is 2.00 bits per heavy atom. The van der Waals surface area contributed by atoms with Gasteiger partial charge in [-0.05, 0) is 36.9 Å². The minimum atomic E-state index is -0.196. The molecule has 116 valence electrons. The molecule has 1 aliphatic rings. The van der Waals surface area contributed by atoms with Crippen LogP contribution in [0, 0.1) is 5.92 Å². The van der Waals surface area contributed by atoms with E-state index in [4.69, 9.17) is 9.47 Å². The maximum absolute atomic E-state index is 11.4. The number of hydrogen-bond donors (Lipinski definition) is 0. The van der Waals surface area contributed by atoms with Gasteiger partial charge in [0.15, 0.2) is 0 Å². The van der Waals surface area contributed by atoms with E-state index in [1.54, 1.807) is 0 Å². The number of benzene rings is 1. The Bertz CT molecular complexity index is 457. The fourth-order valence-corrected chi connectivity index (χ4v) is 2.24. The Kier molecular flexibility index (Phi) is 6.21. The number of likely N-dealkylation sites (N-methyl/N-ethyl adjacent to an activating group) is 1. The molecule has 1 aliphatic carbocycles. The molecular weight excluding hydrogens is 266 g/mol. The van der Waals surface area contributed by atoms with Crippen molar-refractivity contribution in [1.82, 2.24) is 4.90 Å². The molecule has 0 heterocycles. The van der Waals surface area contributed by atoms with Crippen molar-refractivity contribution in [2.75, 3.05) is 33.9 Å². The van der Waals surface area contributed by atoms with Crippen molar-refractivity contribution in [3.8, 4) is 0 Å². The van der Waals surface area contributed by atoms with Crippen LogP contribution in [0.1, 0.15) is 24.0 Å². The highest BCUT2D eigenvalue weighted by Gasteiger charge is 2.21. The summed E-state index contributed by atoms with van der Waals surface area (Å²) < 4.78 is 10.4. The van der Waals surface area contributed by atoms with Crippen LogP contribution >= 0.6 is 0 Å². The van der Waals surface area contributed by atoms with Crippen molar-refractivity contribution in [2.24, 2.45) is 5.92 Å². The fourth-order valence-electron chi connectivity index (χ4n) is 2.24. The van der Waals surface area contributed by atoms with Crippen molar-refractivity contribution in [2.45, 2.75) is 25.8 Å². The second-order valence-corrected chi connectivity index (χ2v) is 5.78. The Hall–Kier alpha value is -1.39. The molecule has 0 spiro atoms. The van der Waals surface area contributed by atoms with Gasteiger partial charge in [-0.25, -0.2) is 0 Å². The molecular formula is C17H25NO3. The summed E-state index contributed by atoms with van der Waals surface area (Å²) in [5.41, 5.74) is 2.21. The topological polar surface area (TPSA) is 38.8 Å². The predicted molar refractivity (Wildman–Crippen MR) is 82.0 cm³/mol. The molecule has 0 N–H and O–H groups in total. The summed E-state index contributed by atoms with van der Waals surface area (Å²) >= 11 is 0. The summed E-state index contributed by atoms with van der Waals surface area (Å²) in [6, 6.07) is 8.03. The molecule has 0 atom stereocenters. The van der Waals surface area contributed by atoms with E-state index in [9.17, 15) is 4.79 Å². The minimum absolute atomic E-state index is 0.196. The van der Waals surface area contributed by atoms with Crippen LogP contribution in [0.5, 0.6) is 0 Å². The molecule has 0 bridgehead atoms. The second kappa shape index (κ2) is 8.15. The third-order valence-corrected chi connectivity index (χ3v) is 3.79. The highest BCUT2D eigenvalue weighted by molar-refractivity contribution is 5.72. The summed E-state index contributed by atoms with van der Waals surface area (Å²) in [6.45, 7) is 3.40. The van der Waals surface area contributed by atoms with E-state index in [0.29, 0.717) is 6.42 Å². The van der Waals surface area contributed by atoms with Crippen LogP contribution in [0.3, 0.4) is 0 Å². The van der Waals surface area contributed by atoms with Crippen LogP contribution in [-0.2, 0) is 27.2 Å². The average molecular weight is 291 g/mol. The van der Waals surface area contributed by atoms with Crippen molar-refractivity contribution >= 4 is 5.97 Å². The molecule has 0 saturated heterocycles. The van der Waals surface area contributed by atoms with Gasteiger partial charge in [-0.2, -0.15) is 0 Å². The van der Waals surface area contributed by atoms with Crippen LogP contribution in [0.15, 0.2) is 24.3 Å². The first-order valence-corrected chi connectivity index (χ1v) is 7.59. The van der Waals surface area contributed by atoms with E-state index >= 15 is 0 Å². The van der Waals surface area contributed by atoms with Gasteiger partial charge >= 0.3 is 5.97 Å². The van der Waals surface area contributed by atoms with Gasteiger partial charge < -0.3 is 9.47 Å². The Balaban J connectivity index is 1.78. The molecule has 0 aromatic heterocycles. The van der Waals surface area contributed by atoms with E-state index in [2.05, 4.69) is 18.0 Å². The third-order valence-electron chi connectivity index (χ3n) is 3.79. The van der Waals surface area contributed by atoms with E-state index in [0.717, 1.165) is 37.8 Å². The molecule has 1 saturated carbocycles. The molecule has 0 aliphatic heterocycles. The molecule has 2 rings (SSSR count).